The van der Waals surface area contributed by atoms with Gasteiger partial charge in [-0.15, -0.1) is 0 Å². The monoisotopic (exact) mass is 363 g/mol. The third-order valence-electron chi connectivity index (χ3n) is 5.03. The summed E-state index contributed by atoms with van der Waals surface area (Å²) in [5.41, 5.74) is 3.85. The van der Waals surface area contributed by atoms with Crippen LogP contribution >= 0.6 is 0 Å². The summed E-state index contributed by atoms with van der Waals surface area (Å²) in [4.78, 5) is 12.9. The molecule has 0 radical (unpaired) electrons. The number of halogens is 1. The van der Waals surface area contributed by atoms with E-state index in [-0.39, 0.29) is 17.8 Å². The van der Waals surface area contributed by atoms with Crippen LogP contribution in [0.1, 0.15) is 35.7 Å². The van der Waals surface area contributed by atoms with Gasteiger partial charge in [-0.2, -0.15) is 5.10 Å². The van der Waals surface area contributed by atoms with E-state index in [9.17, 15) is 9.18 Å². The molecule has 0 spiro atoms. The second-order valence-electron chi connectivity index (χ2n) is 7.28. The number of benzene rings is 2. The van der Waals surface area contributed by atoms with Crippen molar-refractivity contribution < 1.29 is 9.18 Å². The largest absolute Gasteiger partial charge is 0.349 e. The number of rotatable bonds is 5. The lowest BCUT2D eigenvalue weighted by Crippen LogP contribution is -2.34. The lowest BCUT2D eigenvalue weighted by atomic mass is 10.0. The first-order valence-electron chi connectivity index (χ1n) is 9.25. The van der Waals surface area contributed by atoms with Gasteiger partial charge in [-0.25, -0.2) is 9.07 Å². The number of carbonyl (C=O) groups is 1. The number of amides is 1. The molecule has 4 rings (SSSR count). The van der Waals surface area contributed by atoms with E-state index >= 15 is 0 Å². The van der Waals surface area contributed by atoms with E-state index < -0.39 is 0 Å². The molecule has 1 unspecified atom stereocenters. The van der Waals surface area contributed by atoms with Crippen LogP contribution in [0.3, 0.4) is 0 Å². The predicted octanol–water partition coefficient (Wildman–Crippen LogP) is 4.52. The Labute approximate surface area is 158 Å². The fraction of sp³-hybridized carbons (Fsp3) is 0.273. The minimum absolute atomic E-state index is 0.126. The number of carbonyl (C=O) groups excluding carboxylic acids is 1. The fourth-order valence-electron chi connectivity index (χ4n) is 3.27. The summed E-state index contributed by atoms with van der Waals surface area (Å²) in [6, 6.07) is 14.1. The Bertz CT molecular complexity index is 973. The molecule has 1 amide bonds. The summed E-state index contributed by atoms with van der Waals surface area (Å²) < 4.78 is 14.9. The fourth-order valence-corrected chi connectivity index (χ4v) is 3.27. The Hall–Kier alpha value is -2.95. The zero-order valence-corrected chi connectivity index (χ0v) is 15.4. The highest BCUT2D eigenvalue weighted by Gasteiger charge is 2.30. The summed E-state index contributed by atoms with van der Waals surface area (Å²) in [7, 11) is 0. The zero-order chi connectivity index (χ0) is 19.0. The maximum atomic E-state index is 13.3. The van der Waals surface area contributed by atoms with Crippen LogP contribution < -0.4 is 5.32 Å². The molecule has 1 fully saturated rings. The van der Waals surface area contributed by atoms with Crippen molar-refractivity contribution in [1.29, 1.82) is 0 Å². The van der Waals surface area contributed by atoms with Crippen LogP contribution in [-0.4, -0.2) is 21.7 Å². The van der Waals surface area contributed by atoms with Crippen LogP contribution in [-0.2, 0) is 0 Å². The molecule has 1 N–H and O–H groups in total. The van der Waals surface area contributed by atoms with E-state index in [4.69, 9.17) is 0 Å². The Kier molecular flexibility index (Phi) is 4.52. The van der Waals surface area contributed by atoms with Crippen molar-refractivity contribution in [1.82, 2.24) is 15.1 Å². The quantitative estimate of drug-likeness (QED) is 0.725. The number of hydrogen-bond donors (Lipinski definition) is 1. The molecular formula is C22H22FN3O. The number of nitrogens with one attached hydrogen (secondary N) is 1. The van der Waals surface area contributed by atoms with Crippen LogP contribution in [0.2, 0.25) is 0 Å². The number of nitrogens with zero attached hydrogens (tertiary/aromatic N) is 2. The molecule has 0 bridgehead atoms. The van der Waals surface area contributed by atoms with Crippen LogP contribution in [0.5, 0.6) is 0 Å². The second-order valence-corrected chi connectivity index (χ2v) is 7.28. The van der Waals surface area contributed by atoms with E-state index in [1.54, 1.807) is 23.0 Å². The highest BCUT2D eigenvalue weighted by Crippen LogP contribution is 2.33. The van der Waals surface area contributed by atoms with Crippen molar-refractivity contribution in [3.63, 3.8) is 0 Å². The summed E-state index contributed by atoms with van der Waals surface area (Å²) >= 11 is 0. The van der Waals surface area contributed by atoms with Crippen molar-refractivity contribution in [2.24, 2.45) is 5.92 Å². The first-order chi connectivity index (χ1) is 13.0. The summed E-state index contributed by atoms with van der Waals surface area (Å²) in [5.74, 6) is 0.142. The minimum atomic E-state index is -0.305. The van der Waals surface area contributed by atoms with E-state index in [2.05, 4.69) is 10.4 Å². The molecule has 1 aromatic heterocycles. The Morgan fingerprint density at radius 2 is 1.96 bits per heavy atom. The van der Waals surface area contributed by atoms with Gasteiger partial charge < -0.3 is 5.32 Å². The Balaban J connectivity index is 1.74. The lowest BCUT2D eigenvalue weighted by Gasteiger charge is -2.12. The molecule has 27 heavy (non-hydrogen) atoms. The Morgan fingerprint density at radius 3 is 2.63 bits per heavy atom. The van der Waals surface area contributed by atoms with Gasteiger partial charge >= 0.3 is 0 Å². The average Bonchev–Trinajstić information content (AvgIpc) is 3.41. The van der Waals surface area contributed by atoms with Crippen molar-refractivity contribution in [2.75, 3.05) is 0 Å². The molecule has 1 saturated carbocycles. The first kappa shape index (κ1) is 17.5. The molecule has 1 atom stereocenters. The van der Waals surface area contributed by atoms with Crippen molar-refractivity contribution in [3.05, 3.63) is 71.7 Å². The summed E-state index contributed by atoms with van der Waals surface area (Å²) in [5, 5.41) is 7.75. The van der Waals surface area contributed by atoms with Crippen LogP contribution in [0.15, 0.2) is 54.7 Å². The molecule has 3 aromatic rings. The van der Waals surface area contributed by atoms with Gasteiger partial charge in [0.05, 0.1) is 11.3 Å². The molecule has 0 saturated heterocycles. The van der Waals surface area contributed by atoms with E-state index in [1.807, 2.05) is 38.1 Å². The molecule has 138 valence electrons. The third kappa shape index (κ3) is 3.77. The highest BCUT2D eigenvalue weighted by atomic mass is 19.1. The van der Waals surface area contributed by atoms with E-state index in [1.165, 1.54) is 25.0 Å². The topological polar surface area (TPSA) is 46.9 Å². The van der Waals surface area contributed by atoms with Gasteiger partial charge in [0.25, 0.3) is 5.91 Å². The van der Waals surface area contributed by atoms with Gasteiger partial charge in [0.15, 0.2) is 0 Å². The van der Waals surface area contributed by atoms with Crippen LogP contribution in [0.25, 0.3) is 16.9 Å². The van der Waals surface area contributed by atoms with Gasteiger partial charge in [-0.1, -0.05) is 23.8 Å². The number of aromatic nitrogens is 2. The van der Waals surface area contributed by atoms with Crippen molar-refractivity contribution in [3.8, 4) is 16.9 Å². The average molecular weight is 363 g/mol. The third-order valence-corrected chi connectivity index (χ3v) is 5.03. The van der Waals surface area contributed by atoms with Crippen molar-refractivity contribution in [2.45, 2.75) is 32.7 Å². The van der Waals surface area contributed by atoms with E-state index in [0.29, 0.717) is 22.9 Å². The molecule has 0 aliphatic heterocycles. The molecule has 2 aromatic carbocycles. The zero-order valence-electron chi connectivity index (χ0n) is 15.4. The molecule has 5 heteroatoms. The van der Waals surface area contributed by atoms with Gasteiger partial charge in [-0.05, 0) is 62.9 Å². The predicted molar refractivity (Wildman–Crippen MR) is 103 cm³/mol. The van der Waals surface area contributed by atoms with Gasteiger partial charge in [-0.3, -0.25) is 4.79 Å². The molecular weight excluding hydrogens is 341 g/mol. The van der Waals surface area contributed by atoms with E-state index in [0.717, 1.165) is 11.1 Å². The normalized spacial score (nSPS) is 14.8. The standard InChI is InChI=1S/C22H22FN3O/c1-14-4-3-5-17(12-14)21-20(22(27)24-15(2)16-6-7-16)13-26(25-21)19-10-8-18(23)9-11-19/h3-5,8-13,15-16H,6-7H2,1-2H3,(H,24,27). The number of aryl methyl sites for hydroxylation is 1. The maximum absolute atomic E-state index is 13.3. The molecule has 4 nitrogen and oxygen atoms in total. The van der Waals surface area contributed by atoms with Gasteiger partial charge in [0.2, 0.25) is 0 Å². The summed E-state index contributed by atoms with van der Waals surface area (Å²) in [6.45, 7) is 4.06. The van der Waals surface area contributed by atoms with Crippen LogP contribution in [0.4, 0.5) is 4.39 Å². The van der Waals surface area contributed by atoms with Gasteiger partial charge in [0, 0.05) is 17.8 Å². The summed E-state index contributed by atoms with van der Waals surface area (Å²) in [6.07, 6.45) is 4.06. The number of hydrogen-bond acceptors (Lipinski definition) is 2. The molecule has 1 aliphatic carbocycles. The maximum Gasteiger partial charge on any atom is 0.255 e. The molecule has 1 heterocycles. The van der Waals surface area contributed by atoms with Crippen LogP contribution in [0, 0.1) is 18.7 Å². The van der Waals surface area contributed by atoms with Gasteiger partial charge in [0.1, 0.15) is 11.5 Å². The second kappa shape index (κ2) is 6.99. The first-order valence-corrected chi connectivity index (χ1v) is 9.25. The Morgan fingerprint density at radius 1 is 1.22 bits per heavy atom. The smallest absolute Gasteiger partial charge is 0.255 e. The van der Waals surface area contributed by atoms with Crippen molar-refractivity contribution >= 4 is 5.91 Å². The highest BCUT2D eigenvalue weighted by molar-refractivity contribution is 6.00. The minimum Gasteiger partial charge on any atom is -0.349 e. The molecule has 1 aliphatic rings. The SMILES string of the molecule is Cc1cccc(-c2nn(-c3ccc(F)cc3)cc2C(=O)NC(C)C2CC2)c1. The lowest BCUT2D eigenvalue weighted by molar-refractivity contribution is 0.0936.